The fourth-order valence-electron chi connectivity index (χ4n) is 6.95. The van der Waals surface area contributed by atoms with Crippen LogP contribution in [0, 0.1) is 6.92 Å². The van der Waals surface area contributed by atoms with Crippen LogP contribution in [-0.4, -0.2) is 29.8 Å². The van der Waals surface area contributed by atoms with Gasteiger partial charge in [-0.3, -0.25) is 4.99 Å². The minimum absolute atomic E-state index is 0.160. The molecule has 0 unspecified atom stereocenters. The summed E-state index contributed by atoms with van der Waals surface area (Å²) in [4.78, 5) is 10.1. The second kappa shape index (κ2) is 19.2. The second-order valence-electron chi connectivity index (χ2n) is 13.8. The van der Waals surface area contributed by atoms with Crippen LogP contribution in [0.4, 0.5) is 0 Å². The summed E-state index contributed by atoms with van der Waals surface area (Å²) in [7, 11) is 1.91. The summed E-state index contributed by atoms with van der Waals surface area (Å²) >= 11 is 0. The number of benzene rings is 1. The van der Waals surface area contributed by atoms with Crippen LogP contribution in [0.25, 0.3) is 23.4 Å². The molecular weight excluding hydrogens is 657 g/mol. The van der Waals surface area contributed by atoms with Crippen molar-refractivity contribution in [3.05, 3.63) is 197 Å². The number of nitrogens with zero attached hydrogens (tertiary/aromatic N) is 3. The Kier molecular flexibility index (Phi) is 14.0. The summed E-state index contributed by atoms with van der Waals surface area (Å²) in [5.74, 6) is 1.36. The van der Waals surface area contributed by atoms with Gasteiger partial charge in [0.15, 0.2) is 0 Å². The zero-order valence-electron chi connectivity index (χ0n) is 32.8. The van der Waals surface area contributed by atoms with Crippen molar-refractivity contribution < 1.29 is 0 Å². The third-order valence-electron chi connectivity index (χ3n) is 9.63. The number of allylic oxidation sites excluding steroid dienone is 16. The Morgan fingerprint density at radius 3 is 2.65 bits per heavy atom. The first-order valence-electron chi connectivity index (χ1n) is 18.9. The highest BCUT2D eigenvalue weighted by Crippen LogP contribution is 2.50. The van der Waals surface area contributed by atoms with E-state index in [1.54, 1.807) is 0 Å². The monoisotopic (exact) mass is 710 g/mol. The van der Waals surface area contributed by atoms with Gasteiger partial charge >= 0.3 is 0 Å². The van der Waals surface area contributed by atoms with Gasteiger partial charge in [-0.2, -0.15) is 0 Å². The van der Waals surface area contributed by atoms with Gasteiger partial charge in [0.2, 0.25) is 0 Å². The molecule has 0 aliphatic heterocycles. The summed E-state index contributed by atoms with van der Waals surface area (Å²) < 4.78 is 2.35. The molecule has 4 nitrogen and oxygen atoms in total. The first-order valence-corrected chi connectivity index (χ1v) is 18.9. The van der Waals surface area contributed by atoms with Crippen LogP contribution in [0.1, 0.15) is 80.6 Å². The molecule has 3 aliphatic rings. The molecule has 1 N–H and O–H groups in total. The van der Waals surface area contributed by atoms with Crippen molar-refractivity contribution in [1.82, 2.24) is 9.88 Å². The number of hydrogen-bond acceptors (Lipinski definition) is 1. The van der Waals surface area contributed by atoms with Gasteiger partial charge in [-0.05, 0) is 110 Å². The Balaban J connectivity index is 1.67. The lowest BCUT2D eigenvalue weighted by atomic mass is 9.82. The number of unbranched alkanes of at least 4 members (excludes halogenated alkanes) is 1. The smallest absolute Gasteiger partial charge is 0.150 e. The summed E-state index contributed by atoms with van der Waals surface area (Å²) in [5.41, 5.74) is 14.9. The standard InChI is InChI=1S/C50H54N4/c1-8-11-13-14-22-32-48(52-37-39(24-10-3)25-17-12-9-2)53-49(51-7)41-27-23-28-42(36-41)54-38(4)35-46-44(34-33-40-26-18-15-21-31-47(40)54)43-29-19-16-20-30-45(43)50(46,5)6/h8-11,13-16,20-36H,2,12,17,19,37H2,1,3-7H3,(H,51,52,53)/b11-8-,14-13-,24-10-,32-22+,34-33?,38-35?,39-25+. The van der Waals surface area contributed by atoms with E-state index in [1.807, 2.05) is 69.5 Å². The van der Waals surface area contributed by atoms with E-state index >= 15 is 0 Å². The molecule has 0 atom stereocenters. The number of aromatic nitrogens is 1. The number of hydrogen-bond donors (Lipinski definition) is 1. The molecule has 0 fully saturated rings. The Bertz CT molecular complexity index is 2200. The molecule has 0 saturated carbocycles. The highest BCUT2D eigenvalue weighted by atomic mass is 15.0. The van der Waals surface area contributed by atoms with Crippen LogP contribution >= 0.6 is 0 Å². The molecule has 0 saturated heterocycles. The van der Waals surface area contributed by atoms with Crippen molar-refractivity contribution in [3.8, 4) is 5.69 Å². The lowest BCUT2D eigenvalue weighted by Gasteiger charge is -2.22. The molecule has 1 aromatic heterocycles. The number of nitrogens with one attached hydrogen (secondary N) is 1. The van der Waals surface area contributed by atoms with Crippen LogP contribution in [0.2, 0.25) is 0 Å². The molecule has 0 amide bonds. The van der Waals surface area contributed by atoms with Gasteiger partial charge in [-0.25, -0.2) is 4.99 Å². The molecule has 1 heterocycles. The molecule has 0 radical (unpaired) electrons. The van der Waals surface area contributed by atoms with E-state index in [-0.39, 0.29) is 5.41 Å². The molecule has 1 aromatic carbocycles. The van der Waals surface area contributed by atoms with Gasteiger partial charge in [0.05, 0.1) is 12.2 Å². The number of amidine groups is 2. The van der Waals surface area contributed by atoms with E-state index in [0.29, 0.717) is 12.4 Å². The van der Waals surface area contributed by atoms with E-state index in [0.717, 1.165) is 58.9 Å². The molecule has 54 heavy (non-hydrogen) atoms. The highest BCUT2D eigenvalue weighted by Gasteiger charge is 2.37. The molecule has 0 spiro atoms. The van der Waals surface area contributed by atoms with Crippen LogP contribution < -0.4 is 5.32 Å². The highest BCUT2D eigenvalue weighted by molar-refractivity contribution is 6.09. The second-order valence-corrected chi connectivity index (χ2v) is 13.8. The van der Waals surface area contributed by atoms with Crippen molar-refractivity contribution in [2.45, 2.75) is 59.3 Å². The molecule has 274 valence electrons. The van der Waals surface area contributed by atoms with E-state index in [4.69, 9.17) is 9.98 Å². The van der Waals surface area contributed by atoms with Gasteiger partial charge in [-0.15, -0.1) is 12.3 Å². The zero-order chi connectivity index (χ0) is 38.3. The molecule has 0 bridgehead atoms. The summed E-state index contributed by atoms with van der Waals surface area (Å²) in [6.07, 6.45) is 40.4. The van der Waals surface area contributed by atoms with Crippen molar-refractivity contribution in [2.24, 2.45) is 9.98 Å². The third kappa shape index (κ3) is 9.52. The predicted octanol–water partition coefficient (Wildman–Crippen LogP) is 12.2. The maximum atomic E-state index is 5.11. The van der Waals surface area contributed by atoms with Gasteiger partial charge in [-0.1, -0.05) is 123 Å². The lowest BCUT2D eigenvalue weighted by molar-refractivity contribution is 0.659. The fraction of sp³-hybridized carbons (Fsp3) is 0.220. The third-order valence-corrected chi connectivity index (χ3v) is 9.63. The van der Waals surface area contributed by atoms with Crippen LogP contribution in [0.15, 0.2) is 173 Å². The van der Waals surface area contributed by atoms with E-state index in [1.165, 1.54) is 22.3 Å². The van der Waals surface area contributed by atoms with Crippen LogP contribution in [0.3, 0.4) is 0 Å². The first-order chi connectivity index (χ1) is 26.3. The summed E-state index contributed by atoms with van der Waals surface area (Å²) in [5, 5.41) is 3.38. The Morgan fingerprint density at radius 2 is 1.85 bits per heavy atom. The largest absolute Gasteiger partial charge is 0.373 e. The number of aliphatic imine (C=N–C) groups is 2. The SMILES string of the molecule is C=CCC/C=C(\C=C/C)C/N=C(/C=C/C=C\C=C/C)\N=C(/NC)c1cccc(-n2c(C)cc3c(ccc4c2C=CC=C=C4)C2=CCC=CC=C2C3(C)C)c1. The van der Waals surface area contributed by atoms with Crippen molar-refractivity contribution in [2.75, 3.05) is 13.6 Å². The predicted molar refractivity (Wildman–Crippen MR) is 236 cm³/mol. The van der Waals surface area contributed by atoms with Crippen LogP contribution in [0.5, 0.6) is 0 Å². The molecule has 3 aliphatic carbocycles. The lowest BCUT2D eigenvalue weighted by Crippen LogP contribution is -2.21. The van der Waals surface area contributed by atoms with E-state index in [9.17, 15) is 0 Å². The van der Waals surface area contributed by atoms with Crippen LogP contribution in [-0.2, 0) is 5.41 Å². The van der Waals surface area contributed by atoms with Gasteiger partial charge in [0.25, 0.3) is 0 Å². The Morgan fingerprint density at radius 1 is 1.00 bits per heavy atom. The Hall–Kier alpha value is -5.96. The minimum Gasteiger partial charge on any atom is -0.373 e. The van der Waals surface area contributed by atoms with Gasteiger partial charge < -0.3 is 9.88 Å². The van der Waals surface area contributed by atoms with Crippen molar-refractivity contribution in [1.29, 1.82) is 0 Å². The zero-order valence-corrected chi connectivity index (χ0v) is 32.8. The fourth-order valence-corrected chi connectivity index (χ4v) is 6.95. The first kappa shape index (κ1) is 39.3. The quantitative estimate of drug-likeness (QED) is 0.0619. The maximum Gasteiger partial charge on any atom is 0.150 e. The van der Waals surface area contributed by atoms with Gasteiger partial charge in [0.1, 0.15) is 11.7 Å². The topological polar surface area (TPSA) is 41.7 Å². The summed E-state index contributed by atoms with van der Waals surface area (Å²) in [6.45, 7) is 15.3. The van der Waals surface area contributed by atoms with E-state index < -0.39 is 0 Å². The van der Waals surface area contributed by atoms with E-state index in [2.05, 4.69) is 146 Å². The maximum absolute atomic E-state index is 5.11. The minimum atomic E-state index is -0.160. The average molecular weight is 711 g/mol. The number of fused-ring (bicyclic) bond motifs is 4. The normalized spacial score (nSPS) is 16.4. The summed E-state index contributed by atoms with van der Waals surface area (Å²) in [6, 6.07) is 15.5. The molecule has 2 aromatic rings. The molecule has 5 rings (SSSR count). The number of aryl methyl sites for hydroxylation is 1. The van der Waals surface area contributed by atoms with Gasteiger partial charge in [0, 0.05) is 35.0 Å². The average Bonchev–Trinajstić information content (AvgIpc) is 3.44. The Labute approximate surface area is 323 Å². The molecule has 4 heteroatoms. The number of rotatable bonds is 11. The molecular formula is C50H54N4. The van der Waals surface area contributed by atoms with Crippen molar-refractivity contribution >= 4 is 29.4 Å². The van der Waals surface area contributed by atoms with Crippen molar-refractivity contribution in [3.63, 3.8) is 0 Å².